The van der Waals surface area contributed by atoms with Gasteiger partial charge in [0.25, 0.3) is 0 Å². The van der Waals surface area contributed by atoms with E-state index in [-0.39, 0.29) is 11.7 Å². The van der Waals surface area contributed by atoms with Crippen LogP contribution in [0.5, 0.6) is 5.75 Å². The first-order chi connectivity index (χ1) is 14.9. The Bertz CT molecular complexity index is 626. The second kappa shape index (κ2) is 12.4. The van der Waals surface area contributed by atoms with Crippen LogP contribution in [0.4, 0.5) is 0 Å². The summed E-state index contributed by atoms with van der Waals surface area (Å²) in [5, 5.41) is 0. The van der Waals surface area contributed by atoms with Gasteiger partial charge in [0.05, 0.1) is 6.61 Å². The molecule has 2 rings (SSSR count). The van der Waals surface area contributed by atoms with E-state index in [1.54, 1.807) is 0 Å². The molecule has 1 aromatic carbocycles. The molecule has 0 saturated heterocycles. The van der Waals surface area contributed by atoms with Crippen LogP contribution < -0.4 is 4.74 Å². The third-order valence-corrected chi connectivity index (χ3v) is 6.80. The highest BCUT2D eigenvalue weighted by Gasteiger charge is 2.30. The van der Waals surface area contributed by atoms with Gasteiger partial charge in [-0.1, -0.05) is 106 Å². The third-order valence-electron chi connectivity index (χ3n) is 6.80. The van der Waals surface area contributed by atoms with Gasteiger partial charge in [-0.3, -0.25) is 0 Å². The first-order valence-electron chi connectivity index (χ1n) is 13.3. The molecule has 0 amide bonds. The predicted octanol–water partition coefficient (Wildman–Crippen LogP) is 9.38. The zero-order valence-electron chi connectivity index (χ0n) is 22.5. The van der Waals surface area contributed by atoms with E-state index in [2.05, 4.69) is 79.7 Å². The van der Waals surface area contributed by atoms with Gasteiger partial charge in [-0.2, -0.15) is 0 Å². The van der Waals surface area contributed by atoms with E-state index < -0.39 is 0 Å². The van der Waals surface area contributed by atoms with Gasteiger partial charge in [0.15, 0.2) is 6.29 Å². The molecule has 0 bridgehead atoms. The van der Waals surface area contributed by atoms with Crippen LogP contribution in [0.2, 0.25) is 0 Å². The molecule has 0 N–H and O–H groups in total. The van der Waals surface area contributed by atoms with Crippen molar-refractivity contribution in [1.29, 1.82) is 0 Å². The molecule has 184 valence electrons. The summed E-state index contributed by atoms with van der Waals surface area (Å²) in [7, 11) is 0. The van der Waals surface area contributed by atoms with Gasteiger partial charge >= 0.3 is 0 Å². The summed E-state index contributed by atoms with van der Waals surface area (Å²) in [6, 6.07) is 8.87. The smallest absolute Gasteiger partial charge is 0.199 e. The number of hydrogen-bond acceptors (Lipinski definition) is 2. The molecule has 32 heavy (non-hydrogen) atoms. The molecule has 0 aromatic heterocycles. The molecule has 1 fully saturated rings. The van der Waals surface area contributed by atoms with Gasteiger partial charge in [-0.15, -0.1) is 0 Å². The first-order valence-corrected chi connectivity index (χ1v) is 13.3. The molecule has 2 heteroatoms. The monoisotopic (exact) mass is 444 g/mol. The molecular formula is C30H52O2. The van der Waals surface area contributed by atoms with Crippen LogP contribution in [0.25, 0.3) is 0 Å². The summed E-state index contributed by atoms with van der Waals surface area (Å²) in [5.41, 5.74) is 1.95. The maximum Gasteiger partial charge on any atom is 0.199 e. The maximum atomic E-state index is 6.35. The van der Waals surface area contributed by atoms with Crippen molar-refractivity contribution in [2.24, 2.45) is 22.7 Å². The second-order valence-corrected chi connectivity index (χ2v) is 13.0. The van der Waals surface area contributed by atoms with E-state index in [1.165, 1.54) is 56.9 Å². The van der Waals surface area contributed by atoms with Crippen LogP contribution in [0.15, 0.2) is 24.3 Å². The standard InChI is InChI=1S/C30H52O2/c1-23(2)22-31-28(16-12-15-24-13-10-9-11-14-24)32-26-19-17-25(18-20-26)27(30(6,7)8)21-29(3,4)5/h17-20,23-24,27-28H,9-16,21-22H2,1-8H3. The Morgan fingerprint density at radius 3 is 2.06 bits per heavy atom. The molecule has 0 spiro atoms. The van der Waals surface area contributed by atoms with Gasteiger partial charge < -0.3 is 9.47 Å². The number of hydrogen-bond donors (Lipinski definition) is 0. The van der Waals surface area contributed by atoms with Crippen LogP contribution in [0.1, 0.15) is 125 Å². The molecule has 2 nitrogen and oxygen atoms in total. The number of ether oxygens (including phenoxy) is 2. The molecule has 1 aliphatic rings. The molecule has 0 aliphatic heterocycles. The molecular weight excluding hydrogens is 392 g/mol. The van der Waals surface area contributed by atoms with Crippen molar-refractivity contribution in [2.45, 2.75) is 125 Å². The molecule has 0 radical (unpaired) electrons. The van der Waals surface area contributed by atoms with Crippen LogP contribution in [0.3, 0.4) is 0 Å². The summed E-state index contributed by atoms with van der Waals surface area (Å²) < 4.78 is 12.5. The highest BCUT2D eigenvalue weighted by atomic mass is 16.7. The highest BCUT2D eigenvalue weighted by molar-refractivity contribution is 5.30. The topological polar surface area (TPSA) is 18.5 Å². The minimum atomic E-state index is -0.139. The summed E-state index contributed by atoms with van der Waals surface area (Å²) in [5.74, 6) is 2.90. The van der Waals surface area contributed by atoms with Crippen molar-refractivity contribution < 1.29 is 9.47 Å². The lowest BCUT2D eigenvalue weighted by molar-refractivity contribution is -0.0941. The van der Waals surface area contributed by atoms with E-state index >= 15 is 0 Å². The fourth-order valence-electron chi connectivity index (χ4n) is 4.99. The van der Waals surface area contributed by atoms with E-state index in [4.69, 9.17) is 9.47 Å². The van der Waals surface area contributed by atoms with E-state index in [1.807, 2.05) is 0 Å². The van der Waals surface area contributed by atoms with Crippen molar-refractivity contribution in [2.75, 3.05) is 6.61 Å². The molecule has 1 saturated carbocycles. The molecule has 2 unspecified atom stereocenters. The Hall–Kier alpha value is -1.02. The maximum absolute atomic E-state index is 6.35. The quantitative estimate of drug-likeness (QED) is 0.316. The molecule has 1 aliphatic carbocycles. The Morgan fingerprint density at radius 1 is 0.906 bits per heavy atom. The lowest BCUT2D eigenvalue weighted by Gasteiger charge is -2.36. The van der Waals surface area contributed by atoms with Crippen LogP contribution in [0, 0.1) is 22.7 Å². The summed E-state index contributed by atoms with van der Waals surface area (Å²) >= 11 is 0. The molecule has 0 heterocycles. The van der Waals surface area contributed by atoms with Crippen LogP contribution >= 0.6 is 0 Å². The Balaban J connectivity index is 1.99. The normalized spacial score (nSPS) is 18.0. The molecule has 1 aromatic rings. The zero-order valence-corrected chi connectivity index (χ0v) is 22.5. The van der Waals surface area contributed by atoms with Gasteiger partial charge in [0.1, 0.15) is 5.75 Å². The van der Waals surface area contributed by atoms with Gasteiger partial charge in [-0.05, 0) is 59.1 Å². The Labute approximate surface area is 199 Å². The van der Waals surface area contributed by atoms with E-state index in [9.17, 15) is 0 Å². The van der Waals surface area contributed by atoms with Crippen molar-refractivity contribution in [3.63, 3.8) is 0 Å². The SMILES string of the molecule is CC(C)COC(CCCC1CCCCC1)Oc1ccc(C(CC(C)(C)C)C(C)(C)C)cc1. The number of benzene rings is 1. The van der Waals surface area contributed by atoms with Gasteiger partial charge in [0.2, 0.25) is 0 Å². The minimum Gasteiger partial charge on any atom is -0.465 e. The van der Waals surface area contributed by atoms with Crippen molar-refractivity contribution in [3.8, 4) is 5.75 Å². The molecule has 2 atom stereocenters. The first kappa shape index (κ1) is 27.2. The van der Waals surface area contributed by atoms with Gasteiger partial charge in [0, 0.05) is 6.42 Å². The van der Waals surface area contributed by atoms with Crippen molar-refractivity contribution in [3.05, 3.63) is 29.8 Å². The Morgan fingerprint density at radius 2 is 1.53 bits per heavy atom. The lowest BCUT2D eigenvalue weighted by Crippen LogP contribution is -2.24. The summed E-state index contributed by atoms with van der Waals surface area (Å²) in [6.07, 6.45) is 11.7. The van der Waals surface area contributed by atoms with E-state index in [0.29, 0.717) is 17.3 Å². The van der Waals surface area contributed by atoms with Crippen molar-refractivity contribution in [1.82, 2.24) is 0 Å². The largest absolute Gasteiger partial charge is 0.465 e. The van der Waals surface area contributed by atoms with Crippen LogP contribution in [-0.4, -0.2) is 12.9 Å². The average molecular weight is 445 g/mol. The Kier molecular flexibility index (Phi) is 10.6. The average Bonchev–Trinajstić information content (AvgIpc) is 2.70. The van der Waals surface area contributed by atoms with Gasteiger partial charge in [-0.25, -0.2) is 0 Å². The summed E-state index contributed by atoms with van der Waals surface area (Å²) in [4.78, 5) is 0. The lowest BCUT2D eigenvalue weighted by atomic mass is 9.69. The van der Waals surface area contributed by atoms with Crippen molar-refractivity contribution >= 4 is 0 Å². The highest BCUT2D eigenvalue weighted by Crippen LogP contribution is 2.43. The van der Waals surface area contributed by atoms with Crippen LogP contribution in [-0.2, 0) is 4.74 Å². The minimum absolute atomic E-state index is 0.139. The fraction of sp³-hybridized carbons (Fsp3) is 0.800. The second-order valence-electron chi connectivity index (χ2n) is 13.0. The predicted molar refractivity (Wildman–Crippen MR) is 138 cm³/mol. The summed E-state index contributed by atoms with van der Waals surface area (Å²) in [6.45, 7) is 19.3. The van der Waals surface area contributed by atoms with E-state index in [0.717, 1.165) is 24.7 Å². The zero-order chi connectivity index (χ0) is 23.8. The number of rotatable bonds is 11. The third kappa shape index (κ3) is 10.3. The fourth-order valence-corrected chi connectivity index (χ4v) is 4.99.